The van der Waals surface area contributed by atoms with E-state index in [1.807, 2.05) is 6.92 Å². The lowest BCUT2D eigenvalue weighted by molar-refractivity contribution is -0.155. The first kappa shape index (κ1) is 20.4. The highest BCUT2D eigenvalue weighted by Crippen LogP contribution is 2.33. The number of halogens is 4. The van der Waals surface area contributed by atoms with Gasteiger partial charge >= 0.3 is 6.18 Å². The van der Waals surface area contributed by atoms with Crippen molar-refractivity contribution in [1.82, 2.24) is 5.16 Å². The molecule has 148 valence electrons. The first-order valence-corrected chi connectivity index (χ1v) is 10.2. The fourth-order valence-electron chi connectivity index (χ4n) is 2.50. The first-order chi connectivity index (χ1) is 13.0. The van der Waals surface area contributed by atoms with E-state index < -0.39 is 22.0 Å². The molecule has 28 heavy (non-hydrogen) atoms. The normalized spacial score (nSPS) is 12.2. The maximum Gasteiger partial charge on any atom is 0.452 e. The number of aryl methyl sites for hydroxylation is 2. The monoisotopic (exact) mass is 474 g/mol. The lowest BCUT2D eigenvalue weighted by Crippen LogP contribution is -2.14. The summed E-state index contributed by atoms with van der Waals surface area (Å²) in [6.45, 7) is 3.45. The van der Waals surface area contributed by atoms with Crippen molar-refractivity contribution in [2.75, 3.05) is 4.72 Å². The van der Waals surface area contributed by atoms with Gasteiger partial charge in [-0.15, -0.1) is 0 Å². The topological polar surface area (TPSA) is 72.2 Å². The second-order valence-corrected chi connectivity index (χ2v) is 8.65. The molecule has 0 atom stereocenters. The summed E-state index contributed by atoms with van der Waals surface area (Å²) in [4.78, 5) is -0.0750. The molecular weight excluding hydrogens is 461 g/mol. The number of hydrogen-bond donors (Lipinski definition) is 1. The number of rotatable bonds is 4. The lowest BCUT2D eigenvalue weighted by Gasteiger charge is -2.13. The molecule has 0 aliphatic heterocycles. The van der Waals surface area contributed by atoms with Crippen LogP contribution < -0.4 is 4.72 Å². The van der Waals surface area contributed by atoms with E-state index in [4.69, 9.17) is 0 Å². The number of nitrogens with zero attached hydrogens (tertiary/aromatic N) is 1. The SMILES string of the molecule is Cc1ccc(NS(=O)(=O)c2cc(-c3cc(C(F)(F)F)on3)ccc2C)c(Br)c1. The van der Waals surface area contributed by atoms with Crippen molar-refractivity contribution in [3.8, 4) is 11.3 Å². The van der Waals surface area contributed by atoms with E-state index in [0.717, 1.165) is 11.6 Å². The number of anilines is 1. The van der Waals surface area contributed by atoms with Crippen LogP contribution in [0, 0.1) is 13.8 Å². The van der Waals surface area contributed by atoms with Crippen LogP contribution in [0.5, 0.6) is 0 Å². The Morgan fingerprint density at radius 1 is 1.07 bits per heavy atom. The second-order valence-electron chi connectivity index (χ2n) is 6.14. The van der Waals surface area contributed by atoms with Crippen LogP contribution in [0.2, 0.25) is 0 Å². The quantitative estimate of drug-likeness (QED) is 0.538. The van der Waals surface area contributed by atoms with Gasteiger partial charge in [0, 0.05) is 16.1 Å². The molecule has 0 bridgehead atoms. The third-order valence-electron chi connectivity index (χ3n) is 3.93. The Hall–Kier alpha value is -2.33. The average molecular weight is 475 g/mol. The van der Waals surface area contributed by atoms with Crippen molar-refractivity contribution in [2.45, 2.75) is 24.9 Å². The van der Waals surface area contributed by atoms with Gasteiger partial charge in [0.15, 0.2) is 0 Å². The van der Waals surface area contributed by atoms with E-state index in [0.29, 0.717) is 15.7 Å². The van der Waals surface area contributed by atoms with Crippen LogP contribution in [0.1, 0.15) is 16.9 Å². The predicted octanol–water partition coefficient (Wildman–Crippen LogP) is 5.54. The molecule has 0 aliphatic carbocycles. The highest BCUT2D eigenvalue weighted by molar-refractivity contribution is 9.10. The molecule has 10 heteroatoms. The Balaban J connectivity index is 2.00. The summed E-state index contributed by atoms with van der Waals surface area (Å²) in [6.07, 6.45) is -4.68. The average Bonchev–Trinajstić information content (AvgIpc) is 3.08. The molecule has 1 aromatic heterocycles. The highest BCUT2D eigenvalue weighted by Gasteiger charge is 2.36. The number of benzene rings is 2. The third kappa shape index (κ3) is 4.22. The Kier molecular flexibility index (Phi) is 5.28. The van der Waals surface area contributed by atoms with Gasteiger partial charge in [-0.1, -0.05) is 23.4 Å². The van der Waals surface area contributed by atoms with Gasteiger partial charge in [0.05, 0.1) is 10.6 Å². The van der Waals surface area contributed by atoms with Crippen LogP contribution in [0.15, 0.2) is 56.4 Å². The fourth-order valence-corrected chi connectivity index (χ4v) is 4.57. The van der Waals surface area contributed by atoms with Gasteiger partial charge in [-0.25, -0.2) is 8.42 Å². The molecule has 5 nitrogen and oxygen atoms in total. The van der Waals surface area contributed by atoms with Crippen LogP contribution in [0.3, 0.4) is 0 Å². The van der Waals surface area contributed by atoms with Crippen molar-refractivity contribution in [1.29, 1.82) is 0 Å². The van der Waals surface area contributed by atoms with E-state index in [1.165, 1.54) is 18.2 Å². The molecule has 0 saturated carbocycles. The lowest BCUT2D eigenvalue weighted by atomic mass is 10.1. The summed E-state index contributed by atoms with van der Waals surface area (Å²) < 4.78 is 71.2. The van der Waals surface area contributed by atoms with Gasteiger partial charge in [-0.05, 0) is 59.1 Å². The first-order valence-electron chi connectivity index (χ1n) is 7.91. The van der Waals surface area contributed by atoms with Crippen LogP contribution >= 0.6 is 15.9 Å². The van der Waals surface area contributed by atoms with Crippen LogP contribution in [0.25, 0.3) is 11.3 Å². The van der Waals surface area contributed by atoms with E-state index in [2.05, 4.69) is 30.3 Å². The molecular formula is C18H14BrF3N2O3S. The summed E-state index contributed by atoms with van der Waals surface area (Å²) in [5, 5.41) is 3.40. The molecule has 3 aromatic rings. The zero-order valence-corrected chi connectivity index (χ0v) is 17.0. The number of nitrogens with one attached hydrogen (secondary N) is 1. The molecule has 0 unspecified atom stereocenters. The van der Waals surface area contributed by atoms with Gasteiger partial charge in [0.25, 0.3) is 10.0 Å². The van der Waals surface area contributed by atoms with Gasteiger partial charge < -0.3 is 4.52 Å². The third-order valence-corrected chi connectivity index (χ3v) is 6.10. The summed E-state index contributed by atoms with van der Waals surface area (Å²) in [5.41, 5.74) is 1.79. The molecule has 1 N–H and O–H groups in total. The van der Waals surface area contributed by atoms with Gasteiger partial charge in [0.2, 0.25) is 5.76 Å². The van der Waals surface area contributed by atoms with Crippen molar-refractivity contribution >= 4 is 31.6 Å². The van der Waals surface area contributed by atoms with Crippen molar-refractivity contribution in [2.24, 2.45) is 0 Å². The molecule has 0 amide bonds. The molecule has 0 aliphatic rings. The minimum absolute atomic E-state index is 0.0750. The highest BCUT2D eigenvalue weighted by atomic mass is 79.9. The Bertz CT molecular complexity index is 1140. The van der Waals surface area contributed by atoms with Gasteiger partial charge in [-0.3, -0.25) is 4.72 Å². The Labute approximate surface area is 167 Å². The van der Waals surface area contributed by atoms with E-state index >= 15 is 0 Å². The fraction of sp³-hybridized carbons (Fsp3) is 0.167. The summed E-state index contributed by atoms with van der Waals surface area (Å²) in [7, 11) is -3.99. The number of hydrogen-bond acceptors (Lipinski definition) is 4. The predicted molar refractivity (Wildman–Crippen MR) is 101 cm³/mol. The molecule has 0 radical (unpaired) electrons. The van der Waals surface area contributed by atoms with Crippen LogP contribution in [0.4, 0.5) is 18.9 Å². The molecule has 2 aromatic carbocycles. The summed E-state index contributed by atoms with van der Waals surface area (Å²) in [6, 6.07) is 10.1. The minimum Gasteiger partial charge on any atom is -0.351 e. The number of sulfonamides is 1. The smallest absolute Gasteiger partial charge is 0.351 e. The largest absolute Gasteiger partial charge is 0.452 e. The molecule has 0 fully saturated rings. The maximum absolute atomic E-state index is 12.9. The second kappa shape index (κ2) is 7.25. The minimum atomic E-state index is -4.68. The molecule has 0 spiro atoms. The van der Waals surface area contributed by atoms with E-state index in [-0.39, 0.29) is 16.2 Å². The zero-order chi connectivity index (χ0) is 20.7. The molecule has 1 heterocycles. The summed E-state index contributed by atoms with van der Waals surface area (Å²) in [5.74, 6) is -1.26. The Morgan fingerprint density at radius 2 is 1.79 bits per heavy atom. The van der Waals surface area contributed by atoms with Crippen molar-refractivity contribution < 1.29 is 26.1 Å². The van der Waals surface area contributed by atoms with Crippen LogP contribution in [-0.2, 0) is 16.2 Å². The molecule has 3 rings (SSSR count). The zero-order valence-electron chi connectivity index (χ0n) is 14.6. The van der Waals surface area contributed by atoms with Crippen LogP contribution in [-0.4, -0.2) is 13.6 Å². The standard InChI is InChI=1S/C18H14BrF3N2O3S/c1-10-3-6-14(13(19)7-10)24-28(25,26)16-8-12(5-4-11(16)2)15-9-17(27-23-15)18(20,21)22/h3-9,24H,1-2H3. The molecule has 0 saturated heterocycles. The van der Waals surface area contributed by atoms with E-state index in [1.54, 1.807) is 25.1 Å². The van der Waals surface area contributed by atoms with Gasteiger partial charge in [-0.2, -0.15) is 13.2 Å². The number of aromatic nitrogens is 1. The maximum atomic E-state index is 12.9. The van der Waals surface area contributed by atoms with Crippen molar-refractivity contribution in [3.63, 3.8) is 0 Å². The Morgan fingerprint density at radius 3 is 2.39 bits per heavy atom. The number of alkyl halides is 3. The van der Waals surface area contributed by atoms with Gasteiger partial charge in [0.1, 0.15) is 5.69 Å². The van der Waals surface area contributed by atoms with Crippen molar-refractivity contribution in [3.05, 3.63) is 63.8 Å². The van der Waals surface area contributed by atoms with E-state index in [9.17, 15) is 21.6 Å². The summed E-state index contributed by atoms with van der Waals surface area (Å²) >= 11 is 3.31.